The third-order valence-electron chi connectivity index (χ3n) is 6.32. The fourth-order valence-corrected chi connectivity index (χ4v) is 4.37. The van der Waals surface area contributed by atoms with Crippen molar-refractivity contribution in [2.24, 2.45) is 0 Å². The Morgan fingerprint density at radius 2 is 1.71 bits per heavy atom. The van der Waals surface area contributed by atoms with E-state index in [1.165, 1.54) is 0 Å². The van der Waals surface area contributed by atoms with Gasteiger partial charge in [-0.3, -0.25) is 4.79 Å². The van der Waals surface area contributed by atoms with Gasteiger partial charge in [-0.2, -0.15) is 0 Å². The predicted octanol–water partition coefficient (Wildman–Crippen LogP) is 3.70. The smallest absolute Gasteiger partial charge is 0.440 e. The van der Waals surface area contributed by atoms with Crippen LogP contribution in [0.1, 0.15) is 35.1 Å². The molecule has 0 radical (unpaired) electrons. The number of H-pyrrole nitrogens is 1. The largest absolute Gasteiger partial charge is 0.489 e. The molecule has 3 aromatic carbocycles. The number of carbonyl (C=O) groups excluding carboxylic acids is 1. The summed E-state index contributed by atoms with van der Waals surface area (Å²) in [5.74, 6) is 0.501. The van der Waals surface area contributed by atoms with Crippen LogP contribution < -0.4 is 26.2 Å². The third-order valence-corrected chi connectivity index (χ3v) is 6.32. The van der Waals surface area contributed by atoms with Gasteiger partial charge in [0, 0.05) is 6.04 Å². The molecule has 1 aliphatic carbocycles. The Bertz CT molecular complexity index is 1540. The zero-order valence-corrected chi connectivity index (χ0v) is 21.3. The van der Waals surface area contributed by atoms with Gasteiger partial charge in [0.15, 0.2) is 6.61 Å². The van der Waals surface area contributed by atoms with Crippen molar-refractivity contribution in [3.05, 3.63) is 104 Å². The lowest BCUT2D eigenvalue weighted by atomic mass is 9.94. The number of aromatic amines is 1. The van der Waals surface area contributed by atoms with Gasteiger partial charge in [-0.1, -0.05) is 30.3 Å². The van der Waals surface area contributed by atoms with Crippen molar-refractivity contribution in [3.8, 4) is 22.6 Å². The molecule has 1 fully saturated rings. The lowest BCUT2D eigenvalue weighted by molar-refractivity contribution is -0.123. The minimum Gasteiger partial charge on any atom is -0.489 e. The summed E-state index contributed by atoms with van der Waals surface area (Å²) >= 11 is 0. The molecule has 1 heterocycles. The van der Waals surface area contributed by atoms with Crippen molar-refractivity contribution in [1.82, 2.24) is 15.0 Å². The molecule has 1 saturated carbocycles. The number of hydrogen-bond donors (Lipinski definition) is 2. The molecule has 1 aliphatic rings. The molecule has 0 aliphatic heterocycles. The summed E-state index contributed by atoms with van der Waals surface area (Å²) in [5, 5.41) is 2.93. The maximum absolute atomic E-state index is 12.0. The van der Waals surface area contributed by atoms with Crippen molar-refractivity contribution in [2.45, 2.75) is 45.9 Å². The van der Waals surface area contributed by atoms with Crippen molar-refractivity contribution >= 4 is 5.91 Å². The summed E-state index contributed by atoms with van der Waals surface area (Å²) in [6.45, 7) is 4.63. The molecular formula is C29H29N3O6. The van der Waals surface area contributed by atoms with Gasteiger partial charge < -0.3 is 19.3 Å². The number of aromatic nitrogens is 2. The van der Waals surface area contributed by atoms with Gasteiger partial charge in [0.2, 0.25) is 0 Å². The highest BCUT2D eigenvalue weighted by Gasteiger charge is 2.23. The SMILES string of the molecule is Cc1cc(OCC(=O)NC2CC2)cc(C)c1-c1cccc(COc2ccc(Cn3oc(=O)[nH]c3=O)cc2)c1. The van der Waals surface area contributed by atoms with Crippen LogP contribution >= 0.6 is 0 Å². The van der Waals surface area contributed by atoms with Gasteiger partial charge in [-0.15, -0.1) is 4.74 Å². The minimum atomic E-state index is -0.778. The van der Waals surface area contributed by atoms with Crippen LogP contribution in [-0.2, 0) is 17.9 Å². The highest BCUT2D eigenvalue weighted by Crippen LogP contribution is 2.32. The van der Waals surface area contributed by atoms with Gasteiger partial charge >= 0.3 is 11.4 Å². The van der Waals surface area contributed by atoms with Gasteiger partial charge in [0.05, 0.1) is 6.54 Å². The van der Waals surface area contributed by atoms with Crippen molar-refractivity contribution in [1.29, 1.82) is 0 Å². The van der Waals surface area contributed by atoms with Gasteiger partial charge in [0.1, 0.15) is 18.1 Å². The van der Waals surface area contributed by atoms with Crippen molar-refractivity contribution in [3.63, 3.8) is 0 Å². The molecule has 0 bridgehead atoms. The van der Waals surface area contributed by atoms with E-state index in [-0.39, 0.29) is 19.1 Å². The zero-order chi connectivity index (χ0) is 26.6. The van der Waals surface area contributed by atoms with E-state index < -0.39 is 11.4 Å². The number of amides is 1. The molecular weight excluding hydrogens is 486 g/mol. The van der Waals surface area contributed by atoms with E-state index in [1.54, 1.807) is 0 Å². The number of carbonyl (C=O) groups is 1. The summed E-state index contributed by atoms with van der Waals surface area (Å²) in [5.41, 5.74) is 5.56. The van der Waals surface area contributed by atoms with Crippen LogP contribution in [0.3, 0.4) is 0 Å². The standard InChI is InChI=1S/C29H29N3O6/c1-18-12-25(37-17-26(33)30-23-8-9-23)13-19(2)27(18)22-5-3-4-21(14-22)16-36-24-10-6-20(7-11-24)15-32-28(34)31-29(35)38-32/h3-7,10-14,23H,8-9,15-17H2,1-2H3,(H,30,33)(H,31,34,35). The Kier molecular flexibility index (Phi) is 7.17. The molecule has 2 N–H and O–H groups in total. The third kappa shape index (κ3) is 6.23. The molecule has 4 aromatic rings. The Labute approximate surface area is 219 Å². The Morgan fingerprint density at radius 3 is 2.37 bits per heavy atom. The van der Waals surface area contributed by atoms with Crippen LogP contribution in [0.15, 0.2) is 74.8 Å². The molecule has 1 amide bonds. The highest BCUT2D eigenvalue weighted by molar-refractivity contribution is 5.78. The van der Waals surface area contributed by atoms with Gasteiger partial charge in [-0.05, 0) is 90.4 Å². The average Bonchev–Trinajstić information content (AvgIpc) is 3.64. The molecule has 38 heavy (non-hydrogen) atoms. The van der Waals surface area contributed by atoms with E-state index in [4.69, 9.17) is 14.0 Å². The molecule has 9 nitrogen and oxygen atoms in total. The molecule has 9 heteroatoms. The van der Waals surface area contributed by atoms with Crippen molar-refractivity contribution < 1.29 is 18.8 Å². The fourth-order valence-electron chi connectivity index (χ4n) is 4.37. The van der Waals surface area contributed by atoms with Crippen LogP contribution in [0, 0.1) is 13.8 Å². The normalized spacial score (nSPS) is 12.8. The van der Waals surface area contributed by atoms with Crippen molar-refractivity contribution in [2.75, 3.05) is 6.61 Å². The van der Waals surface area contributed by atoms with E-state index in [2.05, 4.69) is 22.4 Å². The van der Waals surface area contributed by atoms with Crippen LogP contribution in [0.4, 0.5) is 0 Å². The number of nitrogens with one attached hydrogen (secondary N) is 2. The van der Waals surface area contributed by atoms with Crippen LogP contribution in [0.2, 0.25) is 0 Å². The predicted molar refractivity (Wildman–Crippen MR) is 141 cm³/mol. The molecule has 5 rings (SSSR count). The quantitative estimate of drug-likeness (QED) is 0.333. The molecule has 0 unspecified atom stereocenters. The van der Waals surface area contributed by atoms with Crippen LogP contribution in [0.5, 0.6) is 11.5 Å². The van der Waals surface area contributed by atoms with E-state index in [9.17, 15) is 14.4 Å². The number of aryl methyl sites for hydroxylation is 2. The van der Waals surface area contributed by atoms with E-state index in [1.807, 2.05) is 62.4 Å². The van der Waals surface area contributed by atoms with E-state index in [0.717, 1.165) is 51.0 Å². The summed E-state index contributed by atoms with van der Waals surface area (Å²) in [6.07, 6.45) is 2.10. The Hall–Kier alpha value is -4.53. The van der Waals surface area contributed by atoms with Gasteiger partial charge in [-0.25, -0.2) is 14.6 Å². The summed E-state index contributed by atoms with van der Waals surface area (Å²) < 4.78 is 17.5. The number of ether oxygens (including phenoxy) is 2. The topological polar surface area (TPSA) is 116 Å². The number of benzene rings is 3. The maximum Gasteiger partial charge on any atom is 0.440 e. The first-order valence-electron chi connectivity index (χ1n) is 12.5. The summed E-state index contributed by atoms with van der Waals surface area (Å²) in [7, 11) is 0. The maximum atomic E-state index is 12.0. The zero-order valence-electron chi connectivity index (χ0n) is 21.3. The second kappa shape index (κ2) is 10.8. The second-order valence-corrected chi connectivity index (χ2v) is 9.54. The molecule has 0 atom stereocenters. The average molecular weight is 516 g/mol. The van der Waals surface area contributed by atoms with Crippen LogP contribution in [-0.4, -0.2) is 28.3 Å². The molecule has 196 valence electrons. The fraction of sp³-hybridized carbons (Fsp3) is 0.276. The lowest BCUT2D eigenvalue weighted by Gasteiger charge is -2.15. The first-order chi connectivity index (χ1) is 18.3. The van der Waals surface area contributed by atoms with E-state index in [0.29, 0.717) is 24.1 Å². The Balaban J connectivity index is 1.21. The van der Waals surface area contributed by atoms with Crippen LogP contribution in [0.25, 0.3) is 11.1 Å². The minimum absolute atomic E-state index is 0.0174. The van der Waals surface area contributed by atoms with Gasteiger partial charge in [0.25, 0.3) is 5.91 Å². The first kappa shape index (κ1) is 25.1. The highest BCUT2D eigenvalue weighted by atomic mass is 16.5. The Morgan fingerprint density at radius 1 is 0.974 bits per heavy atom. The molecule has 0 saturated heterocycles. The number of hydrogen-bond acceptors (Lipinski definition) is 6. The lowest BCUT2D eigenvalue weighted by Crippen LogP contribution is -2.30. The summed E-state index contributed by atoms with van der Waals surface area (Å²) in [6, 6.07) is 19.7. The molecule has 1 aromatic heterocycles. The number of rotatable bonds is 10. The molecule has 0 spiro atoms. The second-order valence-electron chi connectivity index (χ2n) is 9.54. The first-order valence-corrected chi connectivity index (χ1v) is 12.5. The monoisotopic (exact) mass is 515 g/mol. The summed E-state index contributed by atoms with van der Waals surface area (Å²) in [4.78, 5) is 36.8. The van der Waals surface area contributed by atoms with E-state index >= 15 is 0 Å². The number of nitrogens with zero attached hydrogens (tertiary/aromatic N) is 1.